The summed E-state index contributed by atoms with van der Waals surface area (Å²) in [6.07, 6.45) is 0. The van der Waals surface area contributed by atoms with Crippen LogP contribution >= 0.6 is 0 Å². The summed E-state index contributed by atoms with van der Waals surface area (Å²) in [5, 5.41) is 15.6. The summed E-state index contributed by atoms with van der Waals surface area (Å²) in [7, 11) is 0. The largest absolute Gasteiger partial charge is 0.508 e. The smallest absolute Gasteiger partial charge is 0.229 e. The molecule has 1 aromatic carbocycles. The Morgan fingerprint density at radius 2 is 2.17 bits per heavy atom. The summed E-state index contributed by atoms with van der Waals surface area (Å²) in [4.78, 5) is 8.60. The summed E-state index contributed by atoms with van der Waals surface area (Å²) >= 11 is 0. The Labute approximate surface area is 104 Å². The minimum atomic E-state index is 0.191. The van der Waals surface area contributed by atoms with Gasteiger partial charge < -0.3 is 21.5 Å². The zero-order valence-electron chi connectivity index (χ0n) is 9.64. The molecule has 0 bridgehead atoms. The van der Waals surface area contributed by atoms with Gasteiger partial charge in [0.05, 0.1) is 5.69 Å². The van der Waals surface area contributed by atoms with Crippen molar-refractivity contribution in [1.29, 1.82) is 0 Å². The van der Waals surface area contributed by atoms with Crippen LogP contribution in [0.15, 0.2) is 24.3 Å². The maximum atomic E-state index is 9.39. The minimum absolute atomic E-state index is 0.191. The van der Waals surface area contributed by atoms with Crippen LogP contribution in [0.1, 0.15) is 11.3 Å². The molecular formula is C12H13N5O. The molecule has 0 aliphatic carbocycles. The molecule has 1 aliphatic rings. The van der Waals surface area contributed by atoms with Crippen LogP contribution in [0.3, 0.4) is 0 Å². The maximum absolute atomic E-state index is 9.39. The van der Waals surface area contributed by atoms with Crippen molar-refractivity contribution < 1.29 is 5.11 Å². The summed E-state index contributed by atoms with van der Waals surface area (Å²) in [6.45, 7) is 1.42. The van der Waals surface area contributed by atoms with Gasteiger partial charge in [-0.05, 0) is 12.1 Å². The van der Waals surface area contributed by atoms with Crippen LogP contribution < -0.4 is 16.4 Å². The van der Waals surface area contributed by atoms with Gasteiger partial charge >= 0.3 is 0 Å². The Morgan fingerprint density at radius 3 is 3.00 bits per heavy atom. The molecule has 3 rings (SSSR count). The number of nitrogens with zero attached hydrogens (tertiary/aromatic N) is 2. The fourth-order valence-electron chi connectivity index (χ4n) is 1.96. The number of benzene rings is 1. The lowest BCUT2D eigenvalue weighted by Crippen LogP contribution is -2.05. The van der Waals surface area contributed by atoms with Crippen LogP contribution in [0.4, 0.5) is 17.5 Å². The summed E-state index contributed by atoms with van der Waals surface area (Å²) in [5.41, 5.74) is 8.49. The fourth-order valence-corrected chi connectivity index (χ4v) is 1.96. The van der Waals surface area contributed by atoms with E-state index in [0.29, 0.717) is 24.9 Å². The Kier molecular flexibility index (Phi) is 2.49. The standard InChI is InChI=1S/C12H13N5O/c13-11-9-5-14-6-10(9)16-12(17-11)15-7-2-1-3-8(18)4-7/h1-4,14,18H,5-6H2,(H3,13,15,16,17). The summed E-state index contributed by atoms with van der Waals surface area (Å²) in [5.74, 6) is 1.13. The highest BCUT2D eigenvalue weighted by Crippen LogP contribution is 2.23. The average molecular weight is 243 g/mol. The zero-order chi connectivity index (χ0) is 12.5. The number of hydrogen-bond donors (Lipinski definition) is 4. The highest BCUT2D eigenvalue weighted by atomic mass is 16.3. The van der Waals surface area contributed by atoms with Crippen molar-refractivity contribution in [3.05, 3.63) is 35.5 Å². The zero-order valence-corrected chi connectivity index (χ0v) is 9.64. The molecule has 1 aliphatic heterocycles. The first-order valence-corrected chi connectivity index (χ1v) is 5.64. The molecule has 0 saturated heterocycles. The highest BCUT2D eigenvalue weighted by Gasteiger charge is 2.17. The average Bonchev–Trinajstić information content (AvgIpc) is 2.77. The first kappa shape index (κ1) is 10.8. The molecule has 18 heavy (non-hydrogen) atoms. The summed E-state index contributed by atoms with van der Waals surface area (Å²) < 4.78 is 0. The lowest BCUT2D eigenvalue weighted by atomic mass is 10.2. The van der Waals surface area contributed by atoms with Crippen molar-refractivity contribution in [2.75, 3.05) is 11.1 Å². The first-order valence-electron chi connectivity index (χ1n) is 5.64. The SMILES string of the molecule is Nc1nc(Nc2cccc(O)c2)nc2c1CNC2. The van der Waals surface area contributed by atoms with E-state index in [1.54, 1.807) is 18.2 Å². The predicted molar refractivity (Wildman–Crippen MR) is 68.4 cm³/mol. The molecule has 2 aromatic rings. The Balaban J connectivity index is 1.92. The van der Waals surface area contributed by atoms with Gasteiger partial charge in [-0.3, -0.25) is 0 Å². The van der Waals surface area contributed by atoms with Gasteiger partial charge in [0.15, 0.2) is 0 Å². The van der Waals surface area contributed by atoms with Crippen LogP contribution in [0.2, 0.25) is 0 Å². The quantitative estimate of drug-likeness (QED) is 0.631. The molecule has 0 amide bonds. The Bertz CT molecular complexity index is 599. The molecule has 2 heterocycles. The number of hydrogen-bond acceptors (Lipinski definition) is 6. The van der Waals surface area contributed by atoms with Crippen molar-refractivity contribution in [3.8, 4) is 5.75 Å². The molecule has 6 nitrogen and oxygen atoms in total. The molecule has 0 unspecified atom stereocenters. The van der Waals surface area contributed by atoms with Crippen LogP contribution in [0, 0.1) is 0 Å². The number of nitrogens with one attached hydrogen (secondary N) is 2. The van der Waals surface area contributed by atoms with E-state index >= 15 is 0 Å². The second kappa shape index (κ2) is 4.15. The number of aromatic nitrogens is 2. The van der Waals surface area contributed by atoms with Gasteiger partial charge in [-0.25, -0.2) is 4.98 Å². The lowest BCUT2D eigenvalue weighted by Gasteiger charge is -2.08. The van der Waals surface area contributed by atoms with Gasteiger partial charge in [-0.15, -0.1) is 0 Å². The van der Waals surface area contributed by atoms with Gasteiger partial charge in [0.2, 0.25) is 5.95 Å². The fraction of sp³-hybridized carbons (Fsp3) is 0.167. The van der Waals surface area contributed by atoms with Crippen molar-refractivity contribution in [2.45, 2.75) is 13.1 Å². The highest BCUT2D eigenvalue weighted by molar-refractivity contribution is 5.58. The number of nitrogens with two attached hydrogens (primary N) is 1. The van der Waals surface area contributed by atoms with Crippen molar-refractivity contribution >= 4 is 17.5 Å². The predicted octanol–water partition coefficient (Wildman–Crippen LogP) is 1.11. The third-order valence-electron chi connectivity index (χ3n) is 2.82. The second-order valence-electron chi connectivity index (χ2n) is 4.14. The van der Waals surface area contributed by atoms with E-state index in [2.05, 4.69) is 20.6 Å². The molecule has 0 radical (unpaired) electrons. The van der Waals surface area contributed by atoms with E-state index < -0.39 is 0 Å². The van der Waals surface area contributed by atoms with Gasteiger partial charge in [-0.1, -0.05) is 6.07 Å². The topological polar surface area (TPSA) is 96.1 Å². The van der Waals surface area contributed by atoms with E-state index in [-0.39, 0.29) is 5.75 Å². The molecule has 92 valence electrons. The minimum Gasteiger partial charge on any atom is -0.508 e. The van der Waals surface area contributed by atoms with Gasteiger partial charge in [0, 0.05) is 30.4 Å². The second-order valence-corrected chi connectivity index (χ2v) is 4.14. The molecule has 0 fully saturated rings. The number of fused-ring (bicyclic) bond motifs is 1. The van der Waals surface area contributed by atoms with E-state index in [1.807, 2.05) is 6.07 Å². The van der Waals surface area contributed by atoms with Crippen LogP contribution in [-0.2, 0) is 13.1 Å². The molecule has 6 heteroatoms. The number of rotatable bonds is 2. The van der Waals surface area contributed by atoms with Gasteiger partial charge in [-0.2, -0.15) is 4.98 Å². The number of phenolic OH excluding ortho intramolecular Hbond substituents is 1. The number of nitrogen functional groups attached to an aromatic ring is 1. The monoisotopic (exact) mass is 243 g/mol. The van der Waals surface area contributed by atoms with E-state index in [0.717, 1.165) is 16.9 Å². The lowest BCUT2D eigenvalue weighted by molar-refractivity contribution is 0.475. The van der Waals surface area contributed by atoms with Crippen molar-refractivity contribution in [1.82, 2.24) is 15.3 Å². The van der Waals surface area contributed by atoms with Crippen LogP contribution in [-0.4, -0.2) is 15.1 Å². The number of aromatic hydroxyl groups is 1. The molecular weight excluding hydrogens is 230 g/mol. The van der Waals surface area contributed by atoms with Gasteiger partial charge in [0.1, 0.15) is 11.6 Å². The third kappa shape index (κ3) is 1.93. The number of anilines is 3. The molecule has 0 saturated carbocycles. The van der Waals surface area contributed by atoms with Gasteiger partial charge in [0.25, 0.3) is 0 Å². The molecule has 0 atom stereocenters. The molecule has 5 N–H and O–H groups in total. The normalized spacial score (nSPS) is 13.3. The summed E-state index contributed by atoms with van der Waals surface area (Å²) in [6, 6.07) is 6.78. The number of phenols is 1. The van der Waals surface area contributed by atoms with Crippen molar-refractivity contribution in [3.63, 3.8) is 0 Å². The Hall–Kier alpha value is -2.34. The van der Waals surface area contributed by atoms with E-state index in [1.165, 1.54) is 0 Å². The van der Waals surface area contributed by atoms with Crippen LogP contribution in [0.25, 0.3) is 0 Å². The van der Waals surface area contributed by atoms with E-state index in [4.69, 9.17) is 5.73 Å². The first-order chi connectivity index (χ1) is 8.72. The Morgan fingerprint density at radius 1 is 1.28 bits per heavy atom. The van der Waals surface area contributed by atoms with Crippen LogP contribution in [0.5, 0.6) is 5.75 Å². The van der Waals surface area contributed by atoms with Crippen molar-refractivity contribution in [2.24, 2.45) is 0 Å². The maximum Gasteiger partial charge on any atom is 0.229 e. The molecule has 1 aromatic heterocycles. The molecule has 0 spiro atoms. The van der Waals surface area contributed by atoms with E-state index in [9.17, 15) is 5.11 Å². The third-order valence-corrected chi connectivity index (χ3v) is 2.82.